The Morgan fingerprint density at radius 2 is 1.81 bits per heavy atom. The van der Waals surface area contributed by atoms with Gasteiger partial charge in [0.2, 0.25) is 10.0 Å². The zero-order chi connectivity index (χ0) is 20.0. The van der Waals surface area contributed by atoms with Crippen molar-refractivity contribution in [1.29, 1.82) is 0 Å². The van der Waals surface area contributed by atoms with E-state index in [0.717, 1.165) is 16.1 Å². The van der Waals surface area contributed by atoms with Gasteiger partial charge in [-0.05, 0) is 35.7 Å². The zero-order valence-corrected chi connectivity index (χ0v) is 16.3. The average molecular weight is 389 g/mol. The number of hydrazone groups is 1. The van der Waals surface area contributed by atoms with Crippen molar-refractivity contribution >= 4 is 27.8 Å². The number of para-hydroxylation sites is 1. The Balaban J connectivity index is 2.10. The van der Waals surface area contributed by atoms with Gasteiger partial charge in [-0.3, -0.25) is 9.10 Å². The topological polar surface area (TPSA) is 99.1 Å². The highest BCUT2D eigenvalue weighted by atomic mass is 32.2. The molecule has 0 radical (unpaired) electrons. The van der Waals surface area contributed by atoms with Crippen LogP contribution in [-0.2, 0) is 14.8 Å². The fraction of sp³-hybridized carbons (Fsp3) is 0.263. The molecular weight excluding hydrogens is 366 g/mol. The van der Waals surface area contributed by atoms with E-state index >= 15 is 0 Å². The van der Waals surface area contributed by atoms with Gasteiger partial charge in [0.1, 0.15) is 12.3 Å². The molecule has 7 nitrogen and oxygen atoms in total. The number of sulfonamides is 1. The van der Waals surface area contributed by atoms with Crippen LogP contribution in [0.3, 0.4) is 0 Å². The lowest BCUT2D eigenvalue weighted by Gasteiger charge is -2.21. The molecule has 0 heterocycles. The molecule has 0 unspecified atom stereocenters. The van der Waals surface area contributed by atoms with E-state index in [1.807, 2.05) is 26.0 Å². The Labute approximate surface area is 159 Å². The molecule has 2 aromatic rings. The largest absolute Gasteiger partial charge is 0.507 e. The van der Waals surface area contributed by atoms with E-state index in [0.29, 0.717) is 17.2 Å². The number of anilines is 1. The van der Waals surface area contributed by atoms with E-state index in [9.17, 15) is 18.3 Å². The third-order valence-corrected chi connectivity index (χ3v) is 5.01. The van der Waals surface area contributed by atoms with Crippen molar-refractivity contribution in [3.63, 3.8) is 0 Å². The maximum atomic E-state index is 12.1. The van der Waals surface area contributed by atoms with Crippen LogP contribution in [0.5, 0.6) is 5.75 Å². The molecule has 0 aliphatic rings. The van der Waals surface area contributed by atoms with Gasteiger partial charge in [-0.1, -0.05) is 38.1 Å². The number of aromatic hydroxyl groups is 1. The van der Waals surface area contributed by atoms with Crippen LogP contribution in [0.2, 0.25) is 0 Å². The minimum atomic E-state index is -3.65. The van der Waals surface area contributed by atoms with Gasteiger partial charge in [0.25, 0.3) is 5.91 Å². The summed E-state index contributed by atoms with van der Waals surface area (Å²) in [6.07, 6.45) is 2.33. The second-order valence-corrected chi connectivity index (χ2v) is 8.27. The summed E-state index contributed by atoms with van der Waals surface area (Å²) in [6, 6.07) is 13.5. The van der Waals surface area contributed by atoms with E-state index in [4.69, 9.17) is 0 Å². The zero-order valence-electron chi connectivity index (χ0n) is 15.5. The van der Waals surface area contributed by atoms with Crippen LogP contribution in [-0.4, -0.2) is 38.4 Å². The smallest absolute Gasteiger partial charge is 0.260 e. The molecule has 2 N–H and O–H groups in total. The number of benzene rings is 2. The molecule has 0 saturated carbocycles. The number of phenolic OH excluding ortho intramolecular Hbond substituents is 1. The number of amides is 1. The number of phenols is 1. The van der Waals surface area contributed by atoms with Crippen molar-refractivity contribution in [2.75, 3.05) is 17.1 Å². The van der Waals surface area contributed by atoms with Crippen LogP contribution in [0.4, 0.5) is 5.69 Å². The maximum absolute atomic E-state index is 12.1. The highest BCUT2D eigenvalue weighted by Crippen LogP contribution is 2.21. The van der Waals surface area contributed by atoms with Crippen LogP contribution in [0.25, 0.3) is 0 Å². The normalized spacial score (nSPS) is 11.7. The first-order chi connectivity index (χ1) is 12.7. The summed E-state index contributed by atoms with van der Waals surface area (Å²) in [5.74, 6) is -0.253. The van der Waals surface area contributed by atoms with Gasteiger partial charge in [0.05, 0.1) is 18.2 Å². The summed E-state index contributed by atoms with van der Waals surface area (Å²) in [5, 5.41) is 13.4. The van der Waals surface area contributed by atoms with Crippen molar-refractivity contribution in [2.24, 2.45) is 5.10 Å². The molecule has 8 heteroatoms. The number of hydrogen-bond donors (Lipinski definition) is 2. The fourth-order valence-corrected chi connectivity index (χ4v) is 3.22. The molecule has 0 atom stereocenters. The van der Waals surface area contributed by atoms with Crippen LogP contribution in [0.1, 0.15) is 30.9 Å². The van der Waals surface area contributed by atoms with Crippen molar-refractivity contribution in [1.82, 2.24) is 5.43 Å². The molecule has 0 aromatic heterocycles. The molecule has 27 heavy (non-hydrogen) atoms. The minimum absolute atomic E-state index is 0.0264. The number of hydrogen-bond acceptors (Lipinski definition) is 5. The van der Waals surface area contributed by atoms with Crippen LogP contribution in [0, 0.1) is 0 Å². The second kappa shape index (κ2) is 8.68. The number of carbonyl (C=O) groups excluding carboxylic acids is 1. The van der Waals surface area contributed by atoms with E-state index in [1.54, 1.807) is 30.3 Å². The van der Waals surface area contributed by atoms with Gasteiger partial charge in [0, 0.05) is 5.56 Å². The highest BCUT2D eigenvalue weighted by Gasteiger charge is 2.20. The first-order valence-corrected chi connectivity index (χ1v) is 10.2. The molecule has 0 fully saturated rings. The molecule has 1 amide bonds. The highest BCUT2D eigenvalue weighted by molar-refractivity contribution is 7.92. The van der Waals surface area contributed by atoms with E-state index in [1.165, 1.54) is 12.3 Å². The summed E-state index contributed by atoms with van der Waals surface area (Å²) >= 11 is 0. The van der Waals surface area contributed by atoms with Crippen LogP contribution in [0.15, 0.2) is 53.6 Å². The average Bonchev–Trinajstić information content (AvgIpc) is 2.60. The Morgan fingerprint density at radius 1 is 1.19 bits per heavy atom. The molecule has 0 bridgehead atoms. The predicted octanol–water partition coefficient (Wildman–Crippen LogP) is 2.43. The molecule has 0 spiro atoms. The molecule has 0 aliphatic carbocycles. The lowest BCUT2D eigenvalue weighted by Crippen LogP contribution is -2.39. The van der Waals surface area contributed by atoms with Crippen molar-refractivity contribution in [3.05, 3.63) is 59.7 Å². The molecule has 0 aliphatic heterocycles. The SMILES string of the molecule is CC(C)c1ccc(N(CC(=O)N/N=C\c2ccccc2O)S(C)(=O)=O)cc1. The summed E-state index contributed by atoms with van der Waals surface area (Å²) in [6.45, 7) is 3.68. The third-order valence-electron chi connectivity index (χ3n) is 3.86. The standard InChI is InChI=1S/C19H23N3O4S/c1-14(2)15-8-10-17(11-9-15)22(27(3,25)26)13-19(24)21-20-12-16-6-4-5-7-18(16)23/h4-12,14,23H,13H2,1-3H3,(H,21,24)/b20-12-. The summed E-state index contributed by atoms with van der Waals surface area (Å²) in [5.41, 5.74) is 4.18. The van der Waals surface area contributed by atoms with E-state index in [2.05, 4.69) is 10.5 Å². The van der Waals surface area contributed by atoms with Gasteiger partial charge in [-0.25, -0.2) is 13.8 Å². The maximum Gasteiger partial charge on any atom is 0.260 e. The minimum Gasteiger partial charge on any atom is -0.507 e. The Bertz CT molecular complexity index is 922. The monoisotopic (exact) mass is 389 g/mol. The lowest BCUT2D eigenvalue weighted by molar-refractivity contribution is -0.119. The third kappa shape index (κ3) is 5.82. The fourth-order valence-electron chi connectivity index (χ4n) is 2.36. The molecule has 2 aromatic carbocycles. The van der Waals surface area contributed by atoms with Gasteiger partial charge in [-0.2, -0.15) is 5.10 Å². The van der Waals surface area contributed by atoms with Crippen LogP contribution < -0.4 is 9.73 Å². The van der Waals surface area contributed by atoms with E-state index in [-0.39, 0.29) is 5.75 Å². The summed E-state index contributed by atoms with van der Waals surface area (Å²) in [4.78, 5) is 12.1. The van der Waals surface area contributed by atoms with Crippen molar-refractivity contribution < 1.29 is 18.3 Å². The van der Waals surface area contributed by atoms with Crippen molar-refractivity contribution in [3.8, 4) is 5.75 Å². The number of nitrogens with one attached hydrogen (secondary N) is 1. The van der Waals surface area contributed by atoms with Crippen LogP contribution >= 0.6 is 0 Å². The first-order valence-electron chi connectivity index (χ1n) is 8.36. The second-order valence-electron chi connectivity index (χ2n) is 6.37. The Morgan fingerprint density at radius 3 is 2.37 bits per heavy atom. The van der Waals surface area contributed by atoms with E-state index < -0.39 is 22.5 Å². The quantitative estimate of drug-likeness (QED) is 0.561. The number of rotatable bonds is 7. The first kappa shape index (κ1) is 20.4. The number of carbonyl (C=O) groups is 1. The molecule has 0 saturated heterocycles. The molecular formula is C19H23N3O4S. The molecule has 144 valence electrons. The van der Waals surface area contributed by atoms with Gasteiger partial charge < -0.3 is 5.11 Å². The predicted molar refractivity (Wildman–Crippen MR) is 107 cm³/mol. The van der Waals surface area contributed by atoms with Gasteiger partial charge in [0.15, 0.2) is 0 Å². The van der Waals surface area contributed by atoms with Crippen molar-refractivity contribution in [2.45, 2.75) is 19.8 Å². The molecule has 2 rings (SSSR count). The van der Waals surface area contributed by atoms with Gasteiger partial charge >= 0.3 is 0 Å². The Hall–Kier alpha value is -2.87. The Kier molecular flexibility index (Phi) is 6.57. The van der Waals surface area contributed by atoms with Gasteiger partial charge in [-0.15, -0.1) is 0 Å². The summed E-state index contributed by atoms with van der Waals surface area (Å²) < 4.78 is 25.2. The number of nitrogens with zero attached hydrogens (tertiary/aromatic N) is 2. The lowest BCUT2D eigenvalue weighted by atomic mass is 10.0. The summed E-state index contributed by atoms with van der Waals surface area (Å²) in [7, 11) is -3.65.